The van der Waals surface area contributed by atoms with Crippen molar-refractivity contribution in [3.63, 3.8) is 0 Å². The van der Waals surface area contributed by atoms with E-state index in [9.17, 15) is 17.2 Å². The third kappa shape index (κ3) is 8.07. The first kappa shape index (κ1) is 12.7. The fraction of sp³-hybridized carbons (Fsp3) is 1.00. The summed E-state index contributed by atoms with van der Waals surface area (Å²) in [6.45, 7) is 1.95. The van der Waals surface area contributed by atoms with E-state index in [0.717, 1.165) is 0 Å². The highest BCUT2D eigenvalue weighted by Gasteiger charge is 2.11. The molecule has 0 heterocycles. The van der Waals surface area contributed by atoms with Crippen LogP contribution in [0.25, 0.3) is 0 Å². The predicted molar refractivity (Wildman–Crippen MR) is 46.3 cm³/mol. The number of hydrogen-bond acceptors (Lipinski definition) is 3. The Bertz CT molecular complexity index is 219. The van der Waals surface area contributed by atoms with Crippen LogP contribution >= 0.6 is 0 Å². The zero-order chi connectivity index (χ0) is 10.3. The van der Waals surface area contributed by atoms with Crippen molar-refractivity contribution in [2.75, 3.05) is 25.4 Å². The van der Waals surface area contributed by atoms with E-state index >= 15 is 0 Å². The lowest BCUT2D eigenvalue weighted by atomic mass is 10.7. The van der Waals surface area contributed by atoms with Gasteiger partial charge in [-0.15, -0.1) is 0 Å². The topological polar surface area (TPSA) is 58.2 Å². The van der Waals surface area contributed by atoms with Crippen molar-refractivity contribution < 1.29 is 17.2 Å². The molecule has 0 saturated heterocycles. The molecular weight excluding hydrogens is 202 g/mol. The summed E-state index contributed by atoms with van der Waals surface area (Å²) in [5.74, 6) is -0.173. The van der Waals surface area contributed by atoms with Gasteiger partial charge >= 0.3 is 0 Å². The van der Waals surface area contributed by atoms with Gasteiger partial charge in [-0.05, 0) is 6.54 Å². The summed E-state index contributed by atoms with van der Waals surface area (Å²) >= 11 is 0. The molecule has 0 atom stereocenters. The smallest absolute Gasteiger partial charge is 0.251 e. The number of nitrogens with one attached hydrogen (secondary N) is 2. The van der Waals surface area contributed by atoms with E-state index in [1.54, 1.807) is 4.72 Å². The fourth-order valence-electron chi connectivity index (χ4n) is 0.645. The quantitative estimate of drug-likeness (QED) is 0.578. The van der Waals surface area contributed by atoms with E-state index in [0.29, 0.717) is 6.54 Å². The summed E-state index contributed by atoms with van der Waals surface area (Å²) in [5.41, 5.74) is 0. The molecule has 80 valence electrons. The Hall–Kier alpha value is -0.270. The Labute approximate surface area is 76.8 Å². The second-order valence-corrected chi connectivity index (χ2v) is 4.34. The van der Waals surface area contributed by atoms with Crippen LogP contribution in [0.15, 0.2) is 0 Å². The number of halogens is 2. The van der Waals surface area contributed by atoms with Gasteiger partial charge in [0, 0.05) is 6.54 Å². The van der Waals surface area contributed by atoms with Crippen molar-refractivity contribution in [2.24, 2.45) is 0 Å². The molecule has 0 aliphatic carbocycles. The zero-order valence-electron chi connectivity index (χ0n) is 7.39. The molecule has 0 unspecified atom stereocenters. The second-order valence-electron chi connectivity index (χ2n) is 2.41. The van der Waals surface area contributed by atoms with Crippen LogP contribution in [0.5, 0.6) is 0 Å². The summed E-state index contributed by atoms with van der Waals surface area (Å²) in [6, 6.07) is 0. The van der Waals surface area contributed by atoms with Gasteiger partial charge in [-0.25, -0.2) is 21.9 Å². The zero-order valence-corrected chi connectivity index (χ0v) is 8.20. The number of sulfonamides is 1. The normalized spacial score (nSPS) is 12.3. The molecule has 0 amide bonds. The lowest BCUT2D eigenvalue weighted by molar-refractivity contribution is 0.153. The first-order valence-electron chi connectivity index (χ1n) is 3.94. The maximum atomic E-state index is 11.6. The Morgan fingerprint density at radius 1 is 1.38 bits per heavy atom. The van der Waals surface area contributed by atoms with E-state index in [-0.39, 0.29) is 12.3 Å². The molecule has 7 heteroatoms. The molecule has 0 fully saturated rings. The molecule has 0 bridgehead atoms. The van der Waals surface area contributed by atoms with E-state index in [2.05, 4.69) is 5.32 Å². The van der Waals surface area contributed by atoms with Crippen LogP contribution in [-0.4, -0.2) is 40.2 Å². The number of hydrogen-bond donors (Lipinski definition) is 2. The lowest BCUT2D eigenvalue weighted by Crippen LogP contribution is -2.34. The molecule has 0 rings (SSSR count). The molecule has 0 aliphatic heterocycles. The van der Waals surface area contributed by atoms with Crippen molar-refractivity contribution >= 4 is 10.0 Å². The minimum absolute atomic E-state index is 0.173. The summed E-state index contributed by atoms with van der Waals surface area (Å²) in [5, 5.41) is 2.79. The molecule has 4 nitrogen and oxygen atoms in total. The van der Waals surface area contributed by atoms with Crippen LogP contribution in [0.1, 0.15) is 6.92 Å². The highest BCUT2D eigenvalue weighted by atomic mass is 32.2. The summed E-state index contributed by atoms with van der Waals surface area (Å²) in [7, 11) is -3.54. The Morgan fingerprint density at radius 2 is 2.00 bits per heavy atom. The standard InChI is InChI=1S/C6H14F2N2O2S/c1-2-9-3-4-13(11,12)10-5-6(7)8/h6,9-10H,2-5H2,1H3. The SMILES string of the molecule is CCNCCS(=O)(=O)NCC(F)F. The molecule has 0 aromatic carbocycles. The van der Waals surface area contributed by atoms with E-state index in [1.807, 2.05) is 6.92 Å². The van der Waals surface area contributed by atoms with Crippen molar-refractivity contribution in [1.82, 2.24) is 10.0 Å². The number of rotatable bonds is 7. The third-order valence-corrected chi connectivity index (χ3v) is 2.60. The second kappa shape index (κ2) is 6.22. The highest BCUT2D eigenvalue weighted by Crippen LogP contribution is 1.90. The van der Waals surface area contributed by atoms with Crippen molar-refractivity contribution in [2.45, 2.75) is 13.3 Å². The van der Waals surface area contributed by atoms with Gasteiger partial charge in [-0.1, -0.05) is 6.92 Å². The minimum atomic E-state index is -3.54. The molecule has 0 spiro atoms. The number of alkyl halides is 2. The van der Waals surface area contributed by atoms with Gasteiger partial charge in [0.25, 0.3) is 6.43 Å². The molecule has 0 saturated carbocycles. The Balaban J connectivity index is 3.68. The van der Waals surface area contributed by atoms with Crippen LogP contribution in [0.2, 0.25) is 0 Å². The molecule has 0 aromatic rings. The average Bonchev–Trinajstić information content (AvgIpc) is 2.02. The van der Waals surface area contributed by atoms with E-state index in [1.165, 1.54) is 0 Å². The van der Waals surface area contributed by atoms with Crippen molar-refractivity contribution in [3.05, 3.63) is 0 Å². The van der Waals surface area contributed by atoms with Gasteiger partial charge in [0.15, 0.2) is 0 Å². The molecule has 0 aromatic heterocycles. The van der Waals surface area contributed by atoms with Crippen LogP contribution in [-0.2, 0) is 10.0 Å². The van der Waals surface area contributed by atoms with Crippen LogP contribution in [0.3, 0.4) is 0 Å². The van der Waals surface area contributed by atoms with Gasteiger partial charge in [0.05, 0.1) is 12.3 Å². The van der Waals surface area contributed by atoms with Gasteiger partial charge < -0.3 is 5.32 Å². The first-order valence-corrected chi connectivity index (χ1v) is 5.59. The molecule has 0 radical (unpaired) electrons. The molecule has 0 aliphatic rings. The maximum Gasteiger partial charge on any atom is 0.251 e. The third-order valence-electron chi connectivity index (χ3n) is 1.26. The predicted octanol–water partition coefficient (Wildman–Crippen LogP) is -0.220. The maximum absolute atomic E-state index is 11.6. The Morgan fingerprint density at radius 3 is 2.46 bits per heavy atom. The fourth-order valence-corrected chi connectivity index (χ4v) is 1.58. The van der Waals surface area contributed by atoms with Crippen molar-refractivity contribution in [3.8, 4) is 0 Å². The van der Waals surface area contributed by atoms with Gasteiger partial charge in [-0.2, -0.15) is 0 Å². The Kier molecular flexibility index (Phi) is 6.10. The lowest BCUT2D eigenvalue weighted by Gasteiger charge is -2.05. The van der Waals surface area contributed by atoms with Crippen LogP contribution in [0.4, 0.5) is 8.78 Å². The highest BCUT2D eigenvalue weighted by molar-refractivity contribution is 7.89. The molecule has 13 heavy (non-hydrogen) atoms. The minimum Gasteiger partial charge on any atom is -0.316 e. The van der Waals surface area contributed by atoms with Crippen molar-refractivity contribution in [1.29, 1.82) is 0 Å². The summed E-state index contributed by atoms with van der Waals surface area (Å²) in [4.78, 5) is 0. The van der Waals surface area contributed by atoms with Crippen LogP contribution in [0, 0.1) is 0 Å². The average molecular weight is 216 g/mol. The summed E-state index contributed by atoms with van der Waals surface area (Å²) in [6.07, 6.45) is -2.64. The first-order chi connectivity index (χ1) is 5.98. The van der Waals surface area contributed by atoms with Gasteiger partial charge in [0.1, 0.15) is 0 Å². The van der Waals surface area contributed by atoms with Gasteiger partial charge in [-0.3, -0.25) is 0 Å². The van der Waals surface area contributed by atoms with Crippen LogP contribution < -0.4 is 10.0 Å². The largest absolute Gasteiger partial charge is 0.316 e. The summed E-state index contributed by atoms with van der Waals surface area (Å²) < 4.78 is 46.9. The van der Waals surface area contributed by atoms with E-state index in [4.69, 9.17) is 0 Å². The molecule has 2 N–H and O–H groups in total. The molecular formula is C6H14F2N2O2S. The van der Waals surface area contributed by atoms with E-state index < -0.39 is 23.0 Å². The monoisotopic (exact) mass is 216 g/mol. The van der Waals surface area contributed by atoms with Gasteiger partial charge in [0.2, 0.25) is 10.0 Å².